The molecule has 1 aromatic carbocycles. The third-order valence-corrected chi connectivity index (χ3v) is 4.39. The van der Waals surface area contributed by atoms with Crippen molar-refractivity contribution in [2.45, 2.75) is 12.8 Å². The van der Waals surface area contributed by atoms with Crippen LogP contribution in [0.2, 0.25) is 0 Å². The van der Waals surface area contributed by atoms with Crippen LogP contribution in [0.4, 0.5) is 0 Å². The van der Waals surface area contributed by atoms with E-state index in [4.69, 9.17) is 9.52 Å². The molecular weight excluding hydrogens is 338 g/mol. The minimum Gasteiger partial charge on any atom is -0.481 e. The Morgan fingerprint density at radius 3 is 2.90 bits per heavy atom. The highest BCUT2D eigenvalue weighted by atomic mass is 79.9. The van der Waals surface area contributed by atoms with E-state index in [1.54, 1.807) is 11.0 Å². The minimum atomic E-state index is -0.847. The average molecular weight is 352 g/mol. The van der Waals surface area contributed by atoms with E-state index in [9.17, 15) is 9.59 Å². The maximum Gasteiger partial charge on any atom is 0.308 e. The van der Waals surface area contributed by atoms with Crippen molar-refractivity contribution in [2.24, 2.45) is 5.92 Å². The molecule has 21 heavy (non-hydrogen) atoms. The molecule has 1 amide bonds. The van der Waals surface area contributed by atoms with Gasteiger partial charge in [-0.2, -0.15) is 0 Å². The first-order chi connectivity index (χ1) is 10.1. The lowest BCUT2D eigenvalue weighted by molar-refractivity contribution is -0.143. The fraction of sp³-hybridized carbons (Fsp3) is 0.333. The van der Waals surface area contributed by atoms with Crippen LogP contribution in [0.1, 0.15) is 23.4 Å². The maximum absolute atomic E-state index is 12.5. The number of hydrogen-bond donors (Lipinski definition) is 1. The first kappa shape index (κ1) is 14.1. The number of nitrogens with zero attached hydrogens (tertiary/aromatic N) is 1. The number of amides is 1. The molecule has 1 atom stereocenters. The molecule has 3 rings (SSSR count). The number of benzene rings is 1. The number of carboxylic acid groups (broad SMARTS) is 1. The first-order valence-corrected chi connectivity index (χ1v) is 7.55. The molecule has 1 aliphatic rings. The minimum absolute atomic E-state index is 0.242. The summed E-state index contributed by atoms with van der Waals surface area (Å²) in [6.07, 6.45) is 1.32. The van der Waals surface area contributed by atoms with Crippen molar-refractivity contribution in [1.82, 2.24) is 4.90 Å². The highest BCUT2D eigenvalue weighted by Gasteiger charge is 2.30. The van der Waals surface area contributed by atoms with Crippen LogP contribution in [0.3, 0.4) is 0 Å². The average Bonchev–Trinajstić information content (AvgIpc) is 2.92. The Hall–Kier alpha value is -1.82. The second kappa shape index (κ2) is 5.52. The molecule has 110 valence electrons. The summed E-state index contributed by atoms with van der Waals surface area (Å²) in [4.78, 5) is 25.1. The topological polar surface area (TPSA) is 70.8 Å². The number of piperidine rings is 1. The summed E-state index contributed by atoms with van der Waals surface area (Å²) in [5.41, 5.74) is 0.632. The zero-order valence-electron chi connectivity index (χ0n) is 11.2. The van der Waals surface area contributed by atoms with Crippen LogP contribution in [0, 0.1) is 5.92 Å². The number of fused-ring (bicyclic) bond motifs is 1. The van der Waals surface area contributed by atoms with Gasteiger partial charge in [0.25, 0.3) is 5.91 Å². The number of aliphatic carboxylic acids is 1. The number of para-hydroxylation sites is 1. The smallest absolute Gasteiger partial charge is 0.308 e. The molecule has 0 aliphatic carbocycles. The fourth-order valence-corrected chi connectivity index (χ4v) is 3.11. The zero-order chi connectivity index (χ0) is 15.0. The van der Waals surface area contributed by atoms with Gasteiger partial charge in [0.1, 0.15) is 5.58 Å². The molecule has 1 aromatic heterocycles. The number of carboxylic acids is 1. The molecule has 1 saturated heterocycles. The lowest BCUT2D eigenvalue weighted by atomic mass is 9.98. The number of carbonyl (C=O) groups is 2. The van der Waals surface area contributed by atoms with Crippen molar-refractivity contribution < 1.29 is 19.1 Å². The normalized spacial score (nSPS) is 18.9. The van der Waals surface area contributed by atoms with Crippen LogP contribution in [0.5, 0.6) is 0 Å². The Balaban J connectivity index is 1.86. The monoisotopic (exact) mass is 351 g/mol. The molecule has 5 nitrogen and oxygen atoms in total. The van der Waals surface area contributed by atoms with E-state index in [1.807, 2.05) is 18.2 Å². The number of hydrogen-bond acceptors (Lipinski definition) is 3. The summed E-state index contributed by atoms with van der Waals surface area (Å²) in [7, 11) is 0. The van der Waals surface area contributed by atoms with Gasteiger partial charge in [0.05, 0.1) is 10.4 Å². The van der Waals surface area contributed by atoms with Crippen LogP contribution >= 0.6 is 15.9 Å². The van der Waals surface area contributed by atoms with Gasteiger partial charge >= 0.3 is 5.97 Å². The van der Waals surface area contributed by atoms with Crippen molar-refractivity contribution in [3.8, 4) is 0 Å². The van der Waals surface area contributed by atoms with E-state index in [0.29, 0.717) is 25.0 Å². The Morgan fingerprint density at radius 1 is 1.38 bits per heavy atom. The summed E-state index contributed by atoms with van der Waals surface area (Å²) in [6.45, 7) is 0.813. The summed E-state index contributed by atoms with van der Waals surface area (Å²) < 4.78 is 6.42. The van der Waals surface area contributed by atoms with E-state index in [1.165, 1.54) is 0 Å². The van der Waals surface area contributed by atoms with Crippen LogP contribution < -0.4 is 0 Å². The van der Waals surface area contributed by atoms with E-state index in [-0.39, 0.29) is 18.2 Å². The number of rotatable bonds is 2. The molecule has 0 radical (unpaired) electrons. The molecule has 1 aliphatic heterocycles. The lowest BCUT2D eigenvalue weighted by Gasteiger charge is -2.29. The third-order valence-electron chi connectivity index (χ3n) is 3.76. The van der Waals surface area contributed by atoms with E-state index >= 15 is 0 Å². The Morgan fingerprint density at radius 2 is 2.19 bits per heavy atom. The van der Waals surface area contributed by atoms with Crippen molar-refractivity contribution in [2.75, 3.05) is 13.1 Å². The Bertz CT molecular complexity index is 709. The van der Waals surface area contributed by atoms with Crippen LogP contribution in [-0.4, -0.2) is 35.0 Å². The molecule has 2 aromatic rings. The van der Waals surface area contributed by atoms with Gasteiger partial charge in [0, 0.05) is 18.5 Å². The van der Waals surface area contributed by atoms with Gasteiger partial charge in [-0.25, -0.2) is 0 Å². The van der Waals surface area contributed by atoms with Gasteiger partial charge in [-0.15, -0.1) is 0 Å². The summed E-state index contributed by atoms with van der Waals surface area (Å²) in [6, 6.07) is 7.29. The van der Waals surface area contributed by atoms with E-state index in [0.717, 1.165) is 9.86 Å². The van der Waals surface area contributed by atoms with Crippen LogP contribution in [0.25, 0.3) is 11.0 Å². The molecule has 0 bridgehead atoms. The second-order valence-electron chi connectivity index (χ2n) is 5.20. The highest BCUT2D eigenvalue weighted by Crippen LogP contribution is 2.28. The van der Waals surface area contributed by atoms with Crippen molar-refractivity contribution in [1.29, 1.82) is 0 Å². The van der Waals surface area contributed by atoms with Gasteiger partial charge in [-0.05, 0) is 40.9 Å². The molecule has 0 unspecified atom stereocenters. The molecular formula is C15H14BrNO4. The molecule has 6 heteroatoms. The van der Waals surface area contributed by atoms with Gasteiger partial charge in [0.2, 0.25) is 0 Å². The zero-order valence-corrected chi connectivity index (χ0v) is 12.8. The Labute approximate surface area is 129 Å². The van der Waals surface area contributed by atoms with E-state index in [2.05, 4.69) is 15.9 Å². The summed E-state index contributed by atoms with van der Waals surface area (Å²) >= 11 is 3.39. The van der Waals surface area contributed by atoms with Crippen molar-refractivity contribution in [3.63, 3.8) is 0 Å². The molecule has 2 heterocycles. The molecule has 1 N–H and O–H groups in total. The molecule has 1 fully saturated rings. The van der Waals surface area contributed by atoms with Gasteiger partial charge in [0.15, 0.2) is 5.76 Å². The highest BCUT2D eigenvalue weighted by molar-refractivity contribution is 9.10. The first-order valence-electron chi connectivity index (χ1n) is 6.76. The number of likely N-dealkylation sites (tertiary alicyclic amines) is 1. The number of furan rings is 1. The quantitative estimate of drug-likeness (QED) is 0.902. The predicted molar refractivity (Wildman–Crippen MR) is 80.2 cm³/mol. The molecule has 0 saturated carbocycles. The van der Waals surface area contributed by atoms with Gasteiger partial charge < -0.3 is 14.4 Å². The standard InChI is InChI=1S/C15H14BrNO4/c16-11-5-1-3-9-7-12(21-13(9)11)14(18)17-6-2-4-10(8-17)15(19)20/h1,3,5,7,10H,2,4,6,8H2,(H,19,20)/t10-/m0/s1. The predicted octanol–water partition coefficient (Wildman–Crippen LogP) is 3.13. The van der Waals surface area contributed by atoms with Crippen molar-refractivity contribution in [3.05, 3.63) is 34.5 Å². The maximum atomic E-state index is 12.5. The third kappa shape index (κ3) is 2.68. The summed E-state index contributed by atoms with van der Waals surface area (Å²) in [5, 5.41) is 9.94. The van der Waals surface area contributed by atoms with Crippen molar-refractivity contribution >= 4 is 38.8 Å². The lowest BCUT2D eigenvalue weighted by Crippen LogP contribution is -2.42. The fourth-order valence-electron chi connectivity index (χ4n) is 2.65. The van der Waals surface area contributed by atoms with Crippen LogP contribution in [0.15, 0.2) is 33.2 Å². The SMILES string of the molecule is O=C(O)[C@H]1CCCN(C(=O)c2cc3cccc(Br)c3o2)C1. The summed E-state index contributed by atoms with van der Waals surface area (Å²) in [5.74, 6) is -1.33. The van der Waals surface area contributed by atoms with E-state index < -0.39 is 11.9 Å². The largest absolute Gasteiger partial charge is 0.481 e. The number of carbonyl (C=O) groups excluding carboxylic acids is 1. The van der Waals surface area contributed by atoms with Gasteiger partial charge in [-0.3, -0.25) is 9.59 Å². The number of halogens is 1. The van der Waals surface area contributed by atoms with Crippen LogP contribution in [-0.2, 0) is 4.79 Å². The van der Waals surface area contributed by atoms with Gasteiger partial charge in [-0.1, -0.05) is 12.1 Å². The molecule has 0 spiro atoms. The second-order valence-corrected chi connectivity index (χ2v) is 6.05. The Kier molecular flexibility index (Phi) is 3.71.